The fraction of sp³-hybridized carbons (Fsp3) is 0.153. The predicted octanol–water partition coefficient (Wildman–Crippen LogP) is 13.4. The van der Waals surface area contributed by atoms with E-state index in [1.54, 1.807) is 20.7 Å². The third kappa shape index (κ3) is 4.59. The average Bonchev–Trinajstić information content (AvgIpc) is 4.02. The Balaban J connectivity index is 1.17. The van der Waals surface area contributed by atoms with Gasteiger partial charge in [0.15, 0.2) is 0 Å². The lowest BCUT2D eigenvalue weighted by molar-refractivity contribution is 0.550. The lowest BCUT2D eigenvalue weighted by Crippen LogP contribution is -2.49. The first-order valence-corrected chi connectivity index (χ1v) is 28.5. The summed E-state index contributed by atoms with van der Waals surface area (Å²) in [6, 6.07) is 66.5. The second-order valence-corrected chi connectivity index (χ2v) is 28.1. The van der Waals surface area contributed by atoms with Gasteiger partial charge in [-0.2, -0.15) is 0 Å². The van der Waals surface area contributed by atoms with E-state index < -0.39 is 16.1 Å². The van der Waals surface area contributed by atoms with E-state index >= 15 is 0 Å². The van der Waals surface area contributed by atoms with E-state index in [-0.39, 0.29) is 5.41 Å². The maximum atomic E-state index is 2.58. The molecule has 0 nitrogen and oxygen atoms in total. The SMILES string of the molecule is C[Si]1(C)c2ccccc2-c2c(-c3cccc4c(-c5cccc6c5-c5ccccc5C65CCCC5)c5cccc(-c6cccc7c6-c6ccccc6[Si]7(C)C)c5cc34)cccc21. The summed E-state index contributed by atoms with van der Waals surface area (Å²) >= 11 is 0. The van der Waals surface area contributed by atoms with Crippen molar-refractivity contribution in [3.8, 4) is 66.8 Å². The van der Waals surface area contributed by atoms with Crippen molar-refractivity contribution in [2.75, 3.05) is 0 Å². The zero-order chi connectivity index (χ0) is 40.8. The summed E-state index contributed by atoms with van der Waals surface area (Å²) in [6.07, 6.45) is 5.03. The summed E-state index contributed by atoms with van der Waals surface area (Å²) in [4.78, 5) is 0. The van der Waals surface area contributed by atoms with Crippen molar-refractivity contribution in [2.45, 2.75) is 57.3 Å². The second-order valence-electron chi connectivity index (χ2n) is 19.4. The first-order valence-electron chi connectivity index (χ1n) is 22.5. The normalized spacial score (nSPS) is 16.7. The molecule has 4 aliphatic rings. The van der Waals surface area contributed by atoms with E-state index in [4.69, 9.17) is 0 Å². The monoisotopic (exact) mass is 812 g/mol. The number of hydrogen-bond donors (Lipinski definition) is 0. The van der Waals surface area contributed by atoms with Gasteiger partial charge >= 0.3 is 0 Å². The molecule has 9 aromatic rings. The largest absolute Gasteiger partial charge is 0.113 e. The molecule has 0 N–H and O–H groups in total. The molecule has 1 fully saturated rings. The fourth-order valence-corrected chi connectivity index (χ4v) is 19.3. The van der Waals surface area contributed by atoms with Gasteiger partial charge < -0.3 is 0 Å². The van der Waals surface area contributed by atoms with Crippen LogP contribution in [0.4, 0.5) is 0 Å². The highest BCUT2D eigenvalue weighted by Gasteiger charge is 2.46. The fourth-order valence-electron chi connectivity index (χ4n) is 13.1. The lowest BCUT2D eigenvalue weighted by atomic mass is 9.76. The van der Waals surface area contributed by atoms with Crippen molar-refractivity contribution in [1.29, 1.82) is 0 Å². The highest BCUT2D eigenvalue weighted by Crippen LogP contribution is 2.60. The summed E-state index contributed by atoms with van der Waals surface area (Å²) in [5, 5.41) is 11.5. The molecule has 13 rings (SSSR count). The van der Waals surface area contributed by atoms with Gasteiger partial charge in [0, 0.05) is 5.41 Å². The maximum absolute atomic E-state index is 2.58. The molecule has 0 bridgehead atoms. The molecule has 9 aromatic carbocycles. The summed E-state index contributed by atoms with van der Waals surface area (Å²) in [6.45, 7) is 10.1. The van der Waals surface area contributed by atoms with E-state index in [0.29, 0.717) is 0 Å². The van der Waals surface area contributed by atoms with Crippen LogP contribution in [0.3, 0.4) is 0 Å². The molecule has 1 spiro atoms. The zero-order valence-corrected chi connectivity index (χ0v) is 37.5. The third-order valence-electron chi connectivity index (χ3n) is 15.9. The second kappa shape index (κ2) is 12.5. The van der Waals surface area contributed by atoms with Crippen LogP contribution in [0.15, 0.2) is 170 Å². The Morgan fingerprint density at radius 3 is 1.30 bits per heavy atom. The molecule has 0 unspecified atom stereocenters. The number of hydrogen-bond acceptors (Lipinski definition) is 0. The smallest absolute Gasteiger partial charge is 0.0623 e. The van der Waals surface area contributed by atoms with Crippen LogP contribution in [0, 0.1) is 0 Å². The van der Waals surface area contributed by atoms with Crippen molar-refractivity contribution in [3.63, 3.8) is 0 Å². The van der Waals surface area contributed by atoms with Crippen LogP contribution in [0.5, 0.6) is 0 Å². The molecule has 0 atom stereocenters. The van der Waals surface area contributed by atoms with Gasteiger partial charge in [0.25, 0.3) is 0 Å². The molecule has 0 aromatic heterocycles. The van der Waals surface area contributed by atoms with Gasteiger partial charge in [-0.1, -0.05) is 203 Å². The molecular formula is C59H48Si2. The number of fused-ring (bicyclic) bond motifs is 13. The number of benzene rings is 9. The minimum atomic E-state index is -1.88. The van der Waals surface area contributed by atoms with Crippen LogP contribution < -0.4 is 20.7 Å². The summed E-state index contributed by atoms with van der Waals surface area (Å²) in [7, 11) is -3.77. The van der Waals surface area contributed by atoms with E-state index in [9.17, 15) is 0 Å². The van der Waals surface area contributed by atoms with Gasteiger partial charge in [-0.25, -0.2) is 0 Å². The number of rotatable bonds is 3. The van der Waals surface area contributed by atoms with Gasteiger partial charge in [0.2, 0.25) is 0 Å². The molecule has 0 saturated heterocycles. The molecule has 0 amide bonds. The third-order valence-corrected chi connectivity index (χ3v) is 22.9. The quantitative estimate of drug-likeness (QED) is 0.123. The van der Waals surface area contributed by atoms with Gasteiger partial charge in [-0.05, 0) is 139 Å². The van der Waals surface area contributed by atoms with E-state index in [2.05, 4.69) is 196 Å². The van der Waals surface area contributed by atoms with Gasteiger partial charge in [0.05, 0.1) is 0 Å². The van der Waals surface area contributed by atoms with Crippen LogP contribution in [-0.4, -0.2) is 16.1 Å². The Hall–Kier alpha value is -6.07. The van der Waals surface area contributed by atoms with E-state index in [0.717, 1.165) is 0 Å². The van der Waals surface area contributed by atoms with Crippen LogP contribution in [0.2, 0.25) is 26.2 Å². The van der Waals surface area contributed by atoms with Gasteiger partial charge in [-0.15, -0.1) is 0 Å². The highest BCUT2D eigenvalue weighted by molar-refractivity contribution is 7.04. The first-order chi connectivity index (χ1) is 29.8. The van der Waals surface area contributed by atoms with Crippen molar-refractivity contribution in [2.24, 2.45) is 0 Å². The Morgan fingerprint density at radius 2 is 0.721 bits per heavy atom. The molecule has 2 heterocycles. The van der Waals surface area contributed by atoms with Crippen molar-refractivity contribution < 1.29 is 0 Å². The molecular weight excluding hydrogens is 765 g/mol. The Morgan fingerprint density at radius 1 is 0.311 bits per heavy atom. The summed E-state index contributed by atoms with van der Waals surface area (Å²) < 4.78 is 0. The topological polar surface area (TPSA) is 0 Å². The summed E-state index contributed by atoms with van der Waals surface area (Å²) in [5.74, 6) is 0. The van der Waals surface area contributed by atoms with Crippen molar-refractivity contribution in [3.05, 3.63) is 181 Å². The van der Waals surface area contributed by atoms with Crippen LogP contribution in [-0.2, 0) is 5.41 Å². The van der Waals surface area contributed by atoms with Crippen LogP contribution >= 0.6 is 0 Å². The molecule has 61 heavy (non-hydrogen) atoms. The van der Waals surface area contributed by atoms with Crippen molar-refractivity contribution >= 4 is 58.4 Å². The first kappa shape index (κ1) is 35.7. The minimum Gasteiger partial charge on any atom is -0.0623 e. The van der Waals surface area contributed by atoms with Gasteiger partial charge in [0.1, 0.15) is 16.1 Å². The zero-order valence-electron chi connectivity index (χ0n) is 35.5. The molecule has 2 aliphatic heterocycles. The lowest BCUT2D eigenvalue weighted by Gasteiger charge is -2.27. The Bertz CT molecular complexity index is 3210. The van der Waals surface area contributed by atoms with Gasteiger partial charge in [-0.3, -0.25) is 0 Å². The average molecular weight is 813 g/mol. The Labute approximate surface area is 361 Å². The standard InChI is InChI=1S/C59H48Si2/c1-60(2)51-30-9-6-19-44(51)57-39(25-16-32-53(57)60)37-21-13-23-41-47(37)36-48-38(40-26-17-33-54-58(40)45-20-7-10-31-52(45)61(54,3)4)22-14-24-42(48)55(41)46-27-15-29-50-56(46)43-18-5-8-28-49(43)59(50)34-11-12-35-59/h5-10,13-33,36H,11-12,34-35H2,1-4H3. The molecule has 1 saturated carbocycles. The molecule has 2 aliphatic carbocycles. The van der Waals surface area contributed by atoms with E-state index in [1.165, 1.54) is 125 Å². The molecule has 0 radical (unpaired) electrons. The Kier molecular flexibility index (Phi) is 7.31. The molecule has 292 valence electrons. The summed E-state index contributed by atoms with van der Waals surface area (Å²) in [5.41, 5.74) is 19.9. The molecule has 2 heteroatoms. The van der Waals surface area contributed by atoms with Crippen LogP contribution in [0.1, 0.15) is 36.8 Å². The van der Waals surface area contributed by atoms with Crippen LogP contribution in [0.25, 0.3) is 88.3 Å². The predicted molar refractivity (Wildman–Crippen MR) is 267 cm³/mol. The minimum absolute atomic E-state index is 0.0992. The highest BCUT2D eigenvalue weighted by atomic mass is 28.3. The van der Waals surface area contributed by atoms with E-state index in [1.807, 2.05) is 0 Å². The van der Waals surface area contributed by atoms with Crippen molar-refractivity contribution in [1.82, 2.24) is 0 Å². The maximum Gasteiger partial charge on any atom is 0.113 e.